The molecule has 0 bridgehead atoms. The standard InChI is InChI=1S/C13H18N2O2/c1-2-14-8-13(17)9-15(10-16)7-11-5-3-4-6-12(11)13/h3-6,10,14,17H,2,7-9H2,1H3/t13-/m1/s1. The lowest BCUT2D eigenvalue weighted by Gasteiger charge is -2.39. The van der Waals surface area contributed by atoms with Crippen LogP contribution in [0.15, 0.2) is 24.3 Å². The average molecular weight is 234 g/mol. The molecule has 1 aromatic carbocycles. The van der Waals surface area contributed by atoms with E-state index in [1.165, 1.54) is 0 Å². The van der Waals surface area contributed by atoms with Crippen molar-refractivity contribution in [2.75, 3.05) is 19.6 Å². The highest BCUT2D eigenvalue weighted by Gasteiger charge is 2.36. The van der Waals surface area contributed by atoms with Crippen molar-refractivity contribution in [3.8, 4) is 0 Å². The minimum Gasteiger partial charge on any atom is -0.382 e. The Morgan fingerprint density at radius 2 is 2.29 bits per heavy atom. The summed E-state index contributed by atoms with van der Waals surface area (Å²) in [5, 5.41) is 13.8. The summed E-state index contributed by atoms with van der Waals surface area (Å²) in [5.41, 5.74) is 0.969. The first-order valence-electron chi connectivity index (χ1n) is 5.90. The summed E-state index contributed by atoms with van der Waals surface area (Å²) in [6.45, 7) is 4.18. The molecule has 1 aliphatic rings. The Labute approximate surface area is 101 Å². The lowest BCUT2D eigenvalue weighted by Crippen LogP contribution is -2.50. The molecular weight excluding hydrogens is 216 g/mol. The molecule has 0 spiro atoms. The molecule has 0 fully saturated rings. The predicted molar refractivity (Wildman–Crippen MR) is 65.4 cm³/mol. The molecule has 4 nitrogen and oxygen atoms in total. The molecule has 17 heavy (non-hydrogen) atoms. The van der Waals surface area contributed by atoms with Gasteiger partial charge in [0.1, 0.15) is 5.60 Å². The topological polar surface area (TPSA) is 52.6 Å². The summed E-state index contributed by atoms with van der Waals surface area (Å²) in [4.78, 5) is 12.5. The monoisotopic (exact) mass is 234 g/mol. The molecule has 1 heterocycles. The number of nitrogens with one attached hydrogen (secondary N) is 1. The van der Waals surface area contributed by atoms with E-state index in [0.717, 1.165) is 24.1 Å². The fourth-order valence-corrected chi connectivity index (χ4v) is 2.37. The maximum atomic E-state index is 10.9. The van der Waals surface area contributed by atoms with E-state index in [9.17, 15) is 9.90 Å². The minimum absolute atomic E-state index is 0.348. The summed E-state index contributed by atoms with van der Waals surface area (Å²) < 4.78 is 0. The van der Waals surface area contributed by atoms with E-state index in [2.05, 4.69) is 5.32 Å². The fraction of sp³-hybridized carbons (Fsp3) is 0.462. The summed E-state index contributed by atoms with van der Waals surface area (Å²) in [7, 11) is 0. The number of hydrogen-bond acceptors (Lipinski definition) is 3. The van der Waals surface area contributed by atoms with Crippen LogP contribution >= 0.6 is 0 Å². The third-order valence-electron chi connectivity index (χ3n) is 3.17. The second-order valence-corrected chi connectivity index (χ2v) is 4.48. The molecule has 2 N–H and O–H groups in total. The SMILES string of the molecule is CCNC[C@@]1(O)CN(C=O)Cc2ccccc21. The Hall–Kier alpha value is -1.39. The van der Waals surface area contributed by atoms with Crippen molar-refractivity contribution in [1.82, 2.24) is 10.2 Å². The first-order valence-corrected chi connectivity index (χ1v) is 5.90. The summed E-state index contributed by atoms with van der Waals surface area (Å²) in [5.74, 6) is 0. The molecule has 0 unspecified atom stereocenters. The second kappa shape index (κ2) is 4.85. The molecule has 92 valence electrons. The number of benzene rings is 1. The first kappa shape index (κ1) is 12.1. The summed E-state index contributed by atoms with van der Waals surface area (Å²) in [6, 6.07) is 7.75. The van der Waals surface area contributed by atoms with Crippen LogP contribution in [-0.2, 0) is 16.9 Å². The number of β-amino-alcohol motifs (C(OH)–C–C–N with tert-alkyl or cyclic N) is 1. The predicted octanol–water partition coefficient (Wildman–Crippen LogP) is 0.456. The van der Waals surface area contributed by atoms with Gasteiger partial charge in [-0.15, -0.1) is 0 Å². The zero-order valence-electron chi connectivity index (χ0n) is 10.0. The highest BCUT2D eigenvalue weighted by Crippen LogP contribution is 2.30. The maximum absolute atomic E-state index is 10.9. The van der Waals surface area contributed by atoms with Crippen LogP contribution in [0.25, 0.3) is 0 Å². The molecule has 0 saturated heterocycles. The molecule has 1 amide bonds. The van der Waals surface area contributed by atoms with E-state index in [-0.39, 0.29) is 0 Å². The van der Waals surface area contributed by atoms with Crippen LogP contribution in [-0.4, -0.2) is 36.1 Å². The second-order valence-electron chi connectivity index (χ2n) is 4.48. The smallest absolute Gasteiger partial charge is 0.210 e. The molecule has 0 radical (unpaired) electrons. The van der Waals surface area contributed by atoms with Gasteiger partial charge >= 0.3 is 0 Å². The number of aliphatic hydroxyl groups is 1. The van der Waals surface area contributed by atoms with Crippen LogP contribution in [0.5, 0.6) is 0 Å². The average Bonchev–Trinajstić information content (AvgIpc) is 2.36. The normalized spacial score (nSPS) is 23.3. The Balaban J connectivity index is 2.34. The molecular formula is C13H18N2O2. The Bertz CT molecular complexity index is 408. The largest absolute Gasteiger partial charge is 0.382 e. The Morgan fingerprint density at radius 3 is 3.00 bits per heavy atom. The van der Waals surface area contributed by atoms with Crippen LogP contribution in [0.2, 0.25) is 0 Å². The zero-order valence-corrected chi connectivity index (χ0v) is 10.0. The van der Waals surface area contributed by atoms with Gasteiger partial charge in [0.25, 0.3) is 0 Å². The van der Waals surface area contributed by atoms with Crippen molar-refractivity contribution in [1.29, 1.82) is 0 Å². The lowest BCUT2D eigenvalue weighted by molar-refractivity contribution is -0.124. The number of carbonyl (C=O) groups excluding carboxylic acids is 1. The van der Waals surface area contributed by atoms with Gasteiger partial charge in [0, 0.05) is 13.1 Å². The molecule has 0 aromatic heterocycles. The quantitative estimate of drug-likeness (QED) is 0.744. The number of fused-ring (bicyclic) bond motifs is 1. The van der Waals surface area contributed by atoms with Crippen molar-refractivity contribution in [3.63, 3.8) is 0 Å². The number of amides is 1. The molecule has 1 aromatic rings. The number of hydrogen-bond donors (Lipinski definition) is 2. The molecule has 2 rings (SSSR count). The zero-order chi connectivity index (χ0) is 12.3. The van der Waals surface area contributed by atoms with Gasteiger partial charge in [0.2, 0.25) is 6.41 Å². The van der Waals surface area contributed by atoms with Crippen molar-refractivity contribution in [2.24, 2.45) is 0 Å². The van der Waals surface area contributed by atoms with Crippen LogP contribution in [0.1, 0.15) is 18.1 Å². The highest BCUT2D eigenvalue weighted by atomic mass is 16.3. The van der Waals surface area contributed by atoms with Crippen molar-refractivity contribution in [2.45, 2.75) is 19.1 Å². The molecule has 1 aliphatic heterocycles. The highest BCUT2D eigenvalue weighted by molar-refractivity contribution is 5.50. The first-order chi connectivity index (χ1) is 8.19. The van der Waals surface area contributed by atoms with Gasteiger partial charge < -0.3 is 15.3 Å². The van der Waals surface area contributed by atoms with Gasteiger partial charge in [-0.05, 0) is 17.7 Å². The van der Waals surface area contributed by atoms with Gasteiger partial charge in [0.05, 0.1) is 6.54 Å². The lowest BCUT2D eigenvalue weighted by atomic mass is 9.85. The van der Waals surface area contributed by atoms with E-state index < -0.39 is 5.60 Å². The van der Waals surface area contributed by atoms with Crippen LogP contribution in [0, 0.1) is 0 Å². The maximum Gasteiger partial charge on any atom is 0.210 e. The van der Waals surface area contributed by atoms with Gasteiger partial charge in [0.15, 0.2) is 0 Å². The van der Waals surface area contributed by atoms with Crippen molar-refractivity contribution < 1.29 is 9.90 Å². The van der Waals surface area contributed by atoms with Gasteiger partial charge in [-0.1, -0.05) is 31.2 Å². The fourth-order valence-electron chi connectivity index (χ4n) is 2.37. The third kappa shape index (κ3) is 2.33. The Morgan fingerprint density at radius 1 is 1.53 bits per heavy atom. The van der Waals surface area contributed by atoms with Crippen molar-refractivity contribution >= 4 is 6.41 Å². The van der Waals surface area contributed by atoms with Crippen molar-refractivity contribution in [3.05, 3.63) is 35.4 Å². The molecule has 0 saturated carbocycles. The van der Waals surface area contributed by atoms with E-state index in [1.807, 2.05) is 31.2 Å². The van der Waals surface area contributed by atoms with E-state index >= 15 is 0 Å². The van der Waals surface area contributed by atoms with E-state index in [0.29, 0.717) is 19.6 Å². The summed E-state index contributed by atoms with van der Waals surface area (Å²) in [6.07, 6.45) is 0.798. The van der Waals surface area contributed by atoms with Crippen LogP contribution in [0.4, 0.5) is 0 Å². The van der Waals surface area contributed by atoms with Gasteiger partial charge in [-0.2, -0.15) is 0 Å². The number of rotatable bonds is 4. The van der Waals surface area contributed by atoms with E-state index in [4.69, 9.17) is 0 Å². The summed E-state index contributed by atoms with van der Waals surface area (Å²) >= 11 is 0. The number of likely N-dealkylation sites (N-methyl/N-ethyl adjacent to an activating group) is 1. The van der Waals surface area contributed by atoms with Crippen LogP contribution in [0.3, 0.4) is 0 Å². The van der Waals surface area contributed by atoms with Gasteiger partial charge in [-0.3, -0.25) is 4.79 Å². The molecule has 1 atom stereocenters. The Kier molecular flexibility index (Phi) is 3.45. The third-order valence-corrected chi connectivity index (χ3v) is 3.17. The number of carbonyl (C=O) groups is 1. The van der Waals surface area contributed by atoms with E-state index in [1.54, 1.807) is 4.90 Å². The van der Waals surface area contributed by atoms with Crippen LogP contribution < -0.4 is 5.32 Å². The molecule has 4 heteroatoms. The number of nitrogens with zero attached hydrogens (tertiary/aromatic N) is 1. The molecule has 0 aliphatic carbocycles. The van der Waals surface area contributed by atoms with Gasteiger partial charge in [-0.25, -0.2) is 0 Å². The minimum atomic E-state index is -0.980.